The Morgan fingerprint density at radius 1 is 1.56 bits per heavy atom. The summed E-state index contributed by atoms with van der Waals surface area (Å²) in [5.74, 6) is -2.03. The average Bonchev–Trinajstić information content (AvgIpc) is 2.25. The first-order valence-electron chi connectivity index (χ1n) is 4.64. The summed E-state index contributed by atoms with van der Waals surface area (Å²) in [5, 5.41) is 11.3. The van der Waals surface area contributed by atoms with E-state index in [1.54, 1.807) is 12.1 Å². The minimum Gasteiger partial charge on any atom is -0.481 e. The van der Waals surface area contributed by atoms with Gasteiger partial charge in [0.1, 0.15) is 10.8 Å². The molecule has 0 radical (unpaired) electrons. The second-order valence-electron chi connectivity index (χ2n) is 3.29. The van der Waals surface area contributed by atoms with Crippen molar-refractivity contribution in [2.75, 3.05) is 6.54 Å². The lowest BCUT2D eigenvalue weighted by molar-refractivity contribution is -0.140. The molecule has 0 spiro atoms. The van der Waals surface area contributed by atoms with E-state index in [0.717, 1.165) is 0 Å². The van der Waals surface area contributed by atoms with Gasteiger partial charge in [0.05, 0.1) is 5.92 Å². The minimum atomic E-state index is -0.959. The van der Waals surface area contributed by atoms with E-state index in [1.165, 1.54) is 13.0 Å². The lowest BCUT2D eigenvalue weighted by Gasteiger charge is -2.07. The molecule has 1 aromatic rings. The number of hydrogen-bond acceptors (Lipinski definition) is 3. The maximum absolute atomic E-state index is 11.5. The average molecular weight is 243 g/mol. The molecule has 0 aromatic carbocycles. The van der Waals surface area contributed by atoms with Gasteiger partial charge in [-0.1, -0.05) is 24.6 Å². The van der Waals surface area contributed by atoms with Crippen molar-refractivity contribution in [2.45, 2.75) is 6.92 Å². The second kappa shape index (κ2) is 5.46. The number of amides is 1. The van der Waals surface area contributed by atoms with Gasteiger partial charge in [0.25, 0.3) is 5.91 Å². The van der Waals surface area contributed by atoms with Gasteiger partial charge < -0.3 is 10.4 Å². The van der Waals surface area contributed by atoms with E-state index in [1.807, 2.05) is 0 Å². The molecule has 0 aliphatic rings. The quantitative estimate of drug-likeness (QED) is 0.778. The van der Waals surface area contributed by atoms with Crippen LogP contribution >= 0.6 is 11.6 Å². The van der Waals surface area contributed by atoms with Crippen LogP contribution in [0.25, 0.3) is 0 Å². The topological polar surface area (TPSA) is 79.3 Å². The summed E-state index contributed by atoms with van der Waals surface area (Å²) in [6, 6.07) is 4.66. The molecule has 1 aromatic heterocycles. The van der Waals surface area contributed by atoms with Gasteiger partial charge in [0.15, 0.2) is 0 Å². The molecule has 0 saturated heterocycles. The van der Waals surface area contributed by atoms with Crippen LogP contribution in [-0.4, -0.2) is 28.5 Å². The predicted molar refractivity (Wildman–Crippen MR) is 58.4 cm³/mol. The molecule has 0 bridgehead atoms. The fourth-order valence-corrected chi connectivity index (χ4v) is 1.12. The number of carboxylic acids is 1. The highest BCUT2D eigenvalue weighted by molar-refractivity contribution is 6.29. The van der Waals surface area contributed by atoms with Crippen LogP contribution in [0.3, 0.4) is 0 Å². The Balaban J connectivity index is 2.56. The van der Waals surface area contributed by atoms with Crippen LogP contribution in [-0.2, 0) is 4.79 Å². The molecule has 0 saturated carbocycles. The van der Waals surface area contributed by atoms with E-state index in [9.17, 15) is 9.59 Å². The number of hydrogen-bond donors (Lipinski definition) is 2. The highest BCUT2D eigenvalue weighted by Gasteiger charge is 2.13. The summed E-state index contributed by atoms with van der Waals surface area (Å²) in [5.41, 5.74) is 0.171. The molecule has 1 atom stereocenters. The maximum atomic E-state index is 11.5. The Labute approximate surface area is 97.4 Å². The second-order valence-corrected chi connectivity index (χ2v) is 3.68. The Morgan fingerprint density at radius 2 is 2.25 bits per heavy atom. The van der Waals surface area contributed by atoms with Gasteiger partial charge in [-0.15, -0.1) is 0 Å². The summed E-state index contributed by atoms with van der Waals surface area (Å²) in [7, 11) is 0. The predicted octanol–water partition coefficient (Wildman–Crippen LogP) is 1.19. The first-order chi connectivity index (χ1) is 7.50. The summed E-state index contributed by atoms with van der Waals surface area (Å²) in [6.07, 6.45) is 0. The molecular formula is C10H11ClN2O3. The van der Waals surface area contributed by atoms with E-state index < -0.39 is 17.8 Å². The molecule has 1 heterocycles. The number of carbonyl (C=O) groups is 2. The lowest BCUT2D eigenvalue weighted by Crippen LogP contribution is -2.31. The number of carbonyl (C=O) groups excluding carboxylic acids is 1. The third kappa shape index (κ3) is 3.51. The number of halogens is 1. The summed E-state index contributed by atoms with van der Waals surface area (Å²) < 4.78 is 0. The van der Waals surface area contributed by atoms with Crippen molar-refractivity contribution in [3.8, 4) is 0 Å². The third-order valence-electron chi connectivity index (χ3n) is 1.94. The molecule has 16 heavy (non-hydrogen) atoms. The van der Waals surface area contributed by atoms with Gasteiger partial charge in [-0.2, -0.15) is 0 Å². The smallest absolute Gasteiger partial charge is 0.308 e. The van der Waals surface area contributed by atoms with Gasteiger partial charge in [-0.3, -0.25) is 9.59 Å². The SMILES string of the molecule is CC(CNC(=O)c1cccc(Cl)n1)C(=O)O. The number of aliphatic carboxylic acids is 1. The molecule has 1 unspecified atom stereocenters. The summed E-state index contributed by atoms with van der Waals surface area (Å²) >= 11 is 5.62. The van der Waals surface area contributed by atoms with Crippen molar-refractivity contribution in [3.63, 3.8) is 0 Å². The van der Waals surface area contributed by atoms with Gasteiger partial charge >= 0.3 is 5.97 Å². The summed E-state index contributed by atoms with van der Waals surface area (Å²) in [4.78, 5) is 25.8. The standard InChI is InChI=1S/C10H11ClN2O3/c1-6(10(15)16)5-12-9(14)7-3-2-4-8(11)13-7/h2-4,6H,5H2,1H3,(H,12,14)(H,15,16). The summed E-state index contributed by atoms with van der Waals surface area (Å²) in [6.45, 7) is 1.57. The van der Waals surface area contributed by atoms with Crippen LogP contribution in [0.5, 0.6) is 0 Å². The maximum Gasteiger partial charge on any atom is 0.308 e. The largest absolute Gasteiger partial charge is 0.481 e. The van der Waals surface area contributed by atoms with Crippen molar-refractivity contribution in [2.24, 2.45) is 5.92 Å². The number of nitrogens with zero attached hydrogens (tertiary/aromatic N) is 1. The first-order valence-corrected chi connectivity index (χ1v) is 5.02. The number of pyridine rings is 1. The normalized spacial score (nSPS) is 11.9. The van der Waals surface area contributed by atoms with Crippen molar-refractivity contribution >= 4 is 23.5 Å². The lowest BCUT2D eigenvalue weighted by atomic mass is 10.2. The Kier molecular flexibility index (Phi) is 4.25. The molecule has 0 aliphatic heterocycles. The molecule has 0 fully saturated rings. The molecule has 0 aliphatic carbocycles. The zero-order valence-electron chi connectivity index (χ0n) is 8.61. The van der Waals surface area contributed by atoms with Gasteiger partial charge in [0.2, 0.25) is 0 Å². The number of nitrogens with one attached hydrogen (secondary N) is 1. The monoisotopic (exact) mass is 242 g/mol. The minimum absolute atomic E-state index is 0.0579. The molecule has 1 rings (SSSR count). The van der Waals surface area contributed by atoms with Gasteiger partial charge in [-0.25, -0.2) is 4.98 Å². The van der Waals surface area contributed by atoms with Crippen molar-refractivity contribution in [1.82, 2.24) is 10.3 Å². The number of aromatic nitrogens is 1. The third-order valence-corrected chi connectivity index (χ3v) is 2.15. The fraction of sp³-hybridized carbons (Fsp3) is 0.300. The van der Waals surface area contributed by atoms with E-state index in [4.69, 9.17) is 16.7 Å². The van der Waals surface area contributed by atoms with Crippen LogP contribution in [0, 0.1) is 5.92 Å². The van der Waals surface area contributed by atoms with E-state index in [-0.39, 0.29) is 17.4 Å². The zero-order chi connectivity index (χ0) is 12.1. The van der Waals surface area contributed by atoms with Gasteiger partial charge in [-0.05, 0) is 12.1 Å². The molecule has 1 amide bonds. The Morgan fingerprint density at radius 3 is 2.81 bits per heavy atom. The van der Waals surface area contributed by atoms with Crippen molar-refractivity contribution < 1.29 is 14.7 Å². The van der Waals surface area contributed by atoms with Crippen molar-refractivity contribution in [1.29, 1.82) is 0 Å². The molecule has 2 N–H and O–H groups in total. The molecule has 6 heteroatoms. The van der Waals surface area contributed by atoms with Crippen LogP contribution in [0.4, 0.5) is 0 Å². The number of rotatable bonds is 4. The molecule has 86 valence electrons. The van der Waals surface area contributed by atoms with Crippen molar-refractivity contribution in [3.05, 3.63) is 29.0 Å². The highest BCUT2D eigenvalue weighted by atomic mass is 35.5. The first kappa shape index (κ1) is 12.4. The molecular weight excluding hydrogens is 232 g/mol. The highest BCUT2D eigenvalue weighted by Crippen LogP contribution is 2.05. The van der Waals surface area contributed by atoms with E-state index in [2.05, 4.69) is 10.3 Å². The van der Waals surface area contributed by atoms with Crippen LogP contribution in [0.15, 0.2) is 18.2 Å². The Hall–Kier alpha value is -1.62. The molecule has 5 nitrogen and oxygen atoms in total. The zero-order valence-corrected chi connectivity index (χ0v) is 9.36. The van der Waals surface area contributed by atoms with Crippen LogP contribution in [0.2, 0.25) is 5.15 Å². The Bertz CT molecular complexity index is 409. The fourth-order valence-electron chi connectivity index (χ4n) is 0.958. The van der Waals surface area contributed by atoms with E-state index in [0.29, 0.717) is 0 Å². The van der Waals surface area contributed by atoms with Gasteiger partial charge in [0, 0.05) is 6.54 Å². The van der Waals surface area contributed by atoms with Crippen LogP contribution < -0.4 is 5.32 Å². The number of carboxylic acid groups (broad SMARTS) is 1. The van der Waals surface area contributed by atoms with E-state index >= 15 is 0 Å². The van der Waals surface area contributed by atoms with Crippen LogP contribution in [0.1, 0.15) is 17.4 Å².